The van der Waals surface area contributed by atoms with Crippen LogP contribution < -0.4 is 28.7 Å². The minimum absolute atomic E-state index is 0.0416. The molecule has 0 amide bonds. The molecule has 246 valence electrons. The van der Waals surface area contributed by atoms with Crippen LogP contribution in [0, 0.1) is 0 Å². The standard InChI is InChI=1S/C23H45N5O14/c24-3-9-14(33)15(34)12(27)20(37-9)40-18-11(5-30)38-21(16(18)35)41-19-13(32)6(25)1-7(26)17(19)42-22-23(28,36)2-8(31)10(4-29)39-22/h6-22,29-36H,1-5,24-28H2/t6-,7+,8+,9+,10-,11-,12-,13+,14-,15-,16-,17-,18-,19-,20-,21+,22-,23?/m1/s1. The van der Waals surface area contributed by atoms with E-state index >= 15 is 0 Å². The fourth-order valence-corrected chi connectivity index (χ4v) is 5.71. The summed E-state index contributed by atoms with van der Waals surface area (Å²) in [6, 6.07) is -3.08. The zero-order chi connectivity index (χ0) is 31.1. The van der Waals surface area contributed by atoms with Crippen LogP contribution in [0.3, 0.4) is 0 Å². The van der Waals surface area contributed by atoms with E-state index in [-0.39, 0.29) is 13.0 Å². The van der Waals surface area contributed by atoms with E-state index in [0.717, 1.165) is 0 Å². The second-order valence-electron chi connectivity index (χ2n) is 11.4. The van der Waals surface area contributed by atoms with Gasteiger partial charge in [-0.25, -0.2) is 0 Å². The largest absolute Gasteiger partial charge is 0.394 e. The molecule has 19 nitrogen and oxygen atoms in total. The summed E-state index contributed by atoms with van der Waals surface area (Å²) >= 11 is 0. The van der Waals surface area contributed by atoms with Crippen molar-refractivity contribution < 1.29 is 69.3 Å². The second kappa shape index (κ2) is 13.7. The predicted octanol–water partition coefficient (Wildman–Crippen LogP) is -8.51. The molecule has 1 saturated carbocycles. The smallest absolute Gasteiger partial charge is 0.201 e. The van der Waals surface area contributed by atoms with Gasteiger partial charge in [0.25, 0.3) is 0 Å². The van der Waals surface area contributed by atoms with Crippen molar-refractivity contribution in [2.75, 3.05) is 19.8 Å². The summed E-state index contributed by atoms with van der Waals surface area (Å²) in [6.07, 6.45) is -19.5. The van der Waals surface area contributed by atoms with Gasteiger partial charge in [-0.2, -0.15) is 0 Å². The third-order valence-corrected chi connectivity index (χ3v) is 8.23. The van der Waals surface area contributed by atoms with Gasteiger partial charge in [0.1, 0.15) is 54.9 Å². The Morgan fingerprint density at radius 1 is 0.690 bits per heavy atom. The summed E-state index contributed by atoms with van der Waals surface area (Å²) in [4.78, 5) is 0. The first kappa shape index (κ1) is 34.1. The van der Waals surface area contributed by atoms with Crippen LogP contribution in [0.25, 0.3) is 0 Å². The Kier molecular flexibility index (Phi) is 11.1. The van der Waals surface area contributed by atoms with Crippen LogP contribution in [0.4, 0.5) is 0 Å². The Balaban J connectivity index is 1.50. The van der Waals surface area contributed by atoms with Crippen LogP contribution in [-0.4, -0.2) is 170 Å². The van der Waals surface area contributed by atoms with Gasteiger partial charge in [-0.1, -0.05) is 0 Å². The van der Waals surface area contributed by atoms with Crippen molar-refractivity contribution in [1.29, 1.82) is 0 Å². The number of aliphatic hydroxyl groups is 8. The third-order valence-electron chi connectivity index (χ3n) is 8.23. The van der Waals surface area contributed by atoms with Gasteiger partial charge in [0.2, 0.25) is 6.29 Å². The van der Waals surface area contributed by atoms with E-state index in [1.807, 2.05) is 0 Å². The first-order valence-electron chi connectivity index (χ1n) is 13.8. The summed E-state index contributed by atoms with van der Waals surface area (Å²) in [6.45, 7) is -1.45. The SMILES string of the molecule is NC[C@@H]1O[C@H](O[C@H]2[C@@H](O)[C@H](O[C@@H]3[C@@H](O)[C@H](N)C[C@H](N)[C@H]3O[C@H]3O[C@H](CO)[C@@H](O)CC3(N)O)O[C@@H]2CO)[C@H](N)[C@@H](O)[C@@H]1O. The number of rotatable bonds is 9. The van der Waals surface area contributed by atoms with Gasteiger partial charge in [0, 0.05) is 25.0 Å². The topological polar surface area (TPSA) is 347 Å². The number of nitrogens with two attached hydrogens (primary N) is 5. The highest BCUT2D eigenvalue weighted by Crippen LogP contribution is 2.35. The van der Waals surface area contributed by atoms with E-state index in [1.165, 1.54) is 0 Å². The molecule has 0 radical (unpaired) electrons. The lowest BCUT2D eigenvalue weighted by Gasteiger charge is -2.48. The fourth-order valence-electron chi connectivity index (χ4n) is 5.71. The quantitative estimate of drug-likeness (QED) is 0.107. The van der Waals surface area contributed by atoms with Crippen molar-refractivity contribution in [3.63, 3.8) is 0 Å². The van der Waals surface area contributed by atoms with E-state index in [2.05, 4.69) is 0 Å². The van der Waals surface area contributed by atoms with Gasteiger partial charge < -0.3 is 92.2 Å². The molecule has 0 spiro atoms. The van der Waals surface area contributed by atoms with Crippen LogP contribution in [0.1, 0.15) is 12.8 Å². The van der Waals surface area contributed by atoms with Crippen molar-refractivity contribution in [3.05, 3.63) is 0 Å². The van der Waals surface area contributed by atoms with E-state index in [1.54, 1.807) is 0 Å². The Hall–Kier alpha value is -0.760. The summed E-state index contributed by atoms with van der Waals surface area (Å²) in [5, 5.41) is 82.6. The van der Waals surface area contributed by atoms with Gasteiger partial charge in [0.15, 0.2) is 18.3 Å². The molecule has 18 N–H and O–H groups in total. The van der Waals surface area contributed by atoms with Crippen molar-refractivity contribution in [2.24, 2.45) is 28.7 Å². The average Bonchev–Trinajstić information content (AvgIpc) is 3.23. The molecule has 0 aromatic heterocycles. The third kappa shape index (κ3) is 6.74. The Morgan fingerprint density at radius 3 is 1.93 bits per heavy atom. The highest BCUT2D eigenvalue weighted by Gasteiger charge is 2.55. The molecular formula is C23H45N5O14. The molecule has 4 aliphatic rings. The van der Waals surface area contributed by atoms with Gasteiger partial charge in [-0.3, -0.25) is 5.73 Å². The van der Waals surface area contributed by atoms with Gasteiger partial charge >= 0.3 is 0 Å². The van der Waals surface area contributed by atoms with Crippen molar-refractivity contribution in [3.8, 4) is 0 Å². The molecule has 0 bridgehead atoms. The average molecular weight is 616 g/mol. The molecule has 4 rings (SSSR count). The predicted molar refractivity (Wildman–Crippen MR) is 136 cm³/mol. The first-order chi connectivity index (χ1) is 19.7. The highest BCUT2D eigenvalue weighted by molar-refractivity contribution is 5.02. The van der Waals surface area contributed by atoms with Crippen LogP contribution in [-0.2, 0) is 28.4 Å². The Morgan fingerprint density at radius 2 is 1.31 bits per heavy atom. The normalized spacial score (nSPS) is 53.8. The lowest BCUT2D eigenvalue weighted by atomic mass is 9.84. The number of ether oxygens (including phenoxy) is 6. The molecule has 3 saturated heterocycles. The molecule has 18 atom stereocenters. The summed E-state index contributed by atoms with van der Waals surface area (Å²) in [5.41, 5.74) is 27.6. The van der Waals surface area contributed by atoms with Crippen LogP contribution in [0.2, 0.25) is 0 Å². The summed E-state index contributed by atoms with van der Waals surface area (Å²) < 4.78 is 34.3. The van der Waals surface area contributed by atoms with Crippen molar-refractivity contribution >= 4 is 0 Å². The fraction of sp³-hybridized carbons (Fsp3) is 1.00. The maximum Gasteiger partial charge on any atom is 0.201 e. The molecule has 3 aliphatic heterocycles. The zero-order valence-electron chi connectivity index (χ0n) is 22.8. The summed E-state index contributed by atoms with van der Waals surface area (Å²) in [5.74, 6) is 0. The van der Waals surface area contributed by atoms with Gasteiger partial charge in [0.05, 0.1) is 31.5 Å². The van der Waals surface area contributed by atoms with Crippen LogP contribution >= 0.6 is 0 Å². The minimum atomic E-state index is -2.22. The lowest BCUT2D eigenvalue weighted by molar-refractivity contribution is -0.340. The van der Waals surface area contributed by atoms with Gasteiger partial charge in [-0.05, 0) is 6.42 Å². The molecule has 3 heterocycles. The maximum absolute atomic E-state index is 11.1. The first-order valence-corrected chi connectivity index (χ1v) is 13.8. The van der Waals surface area contributed by atoms with E-state index < -0.39 is 129 Å². The molecule has 42 heavy (non-hydrogen) atoms. The molecule has 0 aromatic carbocycles. The molecule has 4 fully saturated rings. The molecule has 1 unspecified atom stereocenters. The highest BCUT2D eigenvalue weighted by atomic mass is 16.8. The second-order valence-corrected chi connectivity index (χ2v) is 11.4. The molecule has 19 heteroatoms. The molecular weight excluding hydrogens is 570 g/mol. The van der Waals surface area contributed by atoms with Crippen LogP contribution in [0.5, 0.6) is 0 Å². The van der Waals surface area contributed by atoms with Crippen molar-refractivity contribution in [2.45, 2.75) is 123 Å². The van der Waals surface area contributed by atoms with Gasteiger partial charge in [-0.15, -0.1) is 0 Å². The maximum atomic E-state index is 11.1. The molecule has 1 aliphatic carbocycles. The van der Waals surface area contributed by atoms with E-state index in [4.69, 9.17) is 57.1 Å². The molecule has 0 aromatic rings. The van der Waals surface area contributed by atoms with E-state index in [0.29, 0.717) is 0 Å². The zero-order valence-corrected chi connectivity index (χ0v) is 22.8. The minimum Gasteiger partial charge on any atom is -0.394 e. The Labute approximate surface area is 240 Å². The summed E-state index contributed by atoms with van der Waals surface area (Å²) in [7, 11) is 0. The van der Waals surface area contributed by atoms with E-state index in [9.17, 15) is 40.9 Å². The number of aliphatic hydroxyl groups excluding tert-OH is 7. The Bertz CT molecular complexity index is 879. The number of hydrogen-bond donors (Lipinski definition) is 13. The lowest BCUT2D eigenvalue weighted by Crippen LogP contribution is -2.68. The van der Waals surface area contributed by atoms with Crippen LogP contribution in [0.15, 0.2) is 0 Å². The van der Waals surface area contributed by atoms with Crippen molar-refractivity contribution in [1.82, 2.24) is 0 Å². The monoisotopic (exact) mass is 615 g/mol. The number of hydrogen-bond acceptors (Lipinski definition) is 19.